The lowest BCUT2D eigenvalue weighted by Crippen LogP contribution is -2.49. The number of rotatable bonds is 4. The zero-order chi connectivity index (χ0) is 11.4. The van der Waals surface area contributed by atoms with E-state index in [1.165, 1.54) is 4.90 Å². The third-order valence-corrected chi connectivity index (χ3v) is 2.49. The Morgan fingerprint density at radius 2 is 2.14 bits per heavy atom. The zero-order valence-electron chi connectivity index (χ0n) is 9.24. The van der Waals surface area contributed by atoms with Crippen LogP contribution in [0, 0.1) is 17.2 Å². The molecule has 0 saturated heterocycles. The molecule has 80 valence electrons. The van der Waals surface area contributed by atoms with Gasteiger partial charge in [0.25, 0.3) is 0 Å². The van der Waals surface area contributed by atoms with Crippen molar-refractivity contribution in [1.29, 1.82) is 5.26 Å². The van der Waals surface area contributed by atoms with E-state index >= 15 is 0 Å². The van der Waals surface area contributed by atoms with Gasteiger partial charge in [0.2, 0.25) is 5.91 Å². The van der Waals surface area contributed by atoms with Crippen LogP contribution in [0.3, 0.4) is 0 Å². The van der Waals surface area contributed by atoms with Gasteiger partial charge in [0.1, 0.15) is 5.92 Å². The van der Waals surface area contributed by atoms with Crippen LogP contribution in [-0.2, 0) is 4.79 Å². The topological polar surface area (TPSA) is 64.3 Å². The third-order valence-electron chi connectivity index (χ3n) is 2.49. The number of aliphatic hydroxyl groups is 1. The molecule has 0 aromatic rings. The molecular formula is C10H18N2O2. The number of nitriles is 1. The minimum Gasteiger partial charge on any atom is -0.394 e. The van der Waals surface area contributed by atoms with Crippen LogP contribution in [0.2, 0.25) is 0 Å². The molecule has 1 unspecified atom stereocenters. The molecule has 14 heavy (non-hydrogen) atoms. The Kier molecular flexibility index (Phi) is 4.58. The van der Waals surface area contributed by atoms with E-state index in [1.54, 1.807) is 27.8 Å². The maximum atomic E-state index is 11.7. The summed E-state index contributed by atoms with van der Waals surface area (Å²) in [7, 11) is 1.61. The number of nitrogens with zero attached hydrogens (tertiary/aromatic N) is 2. The first-order valence-electron chi connectivity index (χ1n) is 4.68. The average molecular weight is 198 g/mol. The molecule has 1 N–H and O–H groups in total. The van der Waals surface area contributed by atoms with Gasteiger partial charge in [0.15, 0.2) is 0 Å². The van der Waals surface area contributed by atoms with Gasteiger partial charge < -0.3 is 10.0 Å². The van der Waals surface area contributed by atoms with Crippen LogP contribution in [0.5, 0.6) is 0 Å². The van der Waals surface area contributed by atoms with Crippen LogP contribution in [-0.4, -0.2) is 35.1 Å². The first kappa shape index (κ1) is 12.9. The van der Waals surface area contributed by atoms with Crippen molar-refractivity contribution >= 4 is 5.91 Å². The Morgan fingerprint density at radius 3 is 2.43 bits per heavy atom. The first-order valence-corrected chi connectivity index (χ1v) is 4.68. The summed E-state index contributed by atoms with van der Waals surface area (Å²) in [6.07, 6.45) is 0.501. The van der Waals surface area contributed by atoms with Crippen molar-refractivity contribution in [3.8, 4) is 6.07 Å². The molecular weight excluding hydrogens is 180 g/mol. The van der Waals surface area contributed by atoms with Crippen molar-refractivity contribution in [2.45, 2.75) is 32.7 Å². The lowest BCUT2D eigenvalue weighted by molar-refractivity contribution is -0.138. The van der Waals surface area contributed by atoms with E-state index in [9.17, 15) is 4.79 Å². The second-order valence-corrected chi connectivity index (χ2v) is 3.96. The van der Waals surface area contributed by atoms with E-state index in [0.717, 1.165) is 0 Å². The molecule has 0 aliphatic heterocycles. The van der Waals surface area contributed by atoms with Gasteiger partial charge in [-0.1, -0.05) is 6.92 Å². The maximum absolute atomic E-state index is 11.7. The summed E-state index contributed by atoms with van der Waals surface area (Å²) in [4.78, 5) is 13.1. The molecule has 1 atom stereocenters. The number of aliphatic hydroxyl groups excluding tert-OH is 1. The summed E-state index contributed by atoms with van der Waals surface area (Å²) in [5, 5.41) is 17.8. The number of carbonyl (C=O) groups excluding carboxylic acids is 1. The summed E-state index contributed by atoms with van der Waals surface area (Å²) in [6, 6.07) is 1.96. The molecule has 0 aromatic heterocycles. The third kappa shape index (κ3) is 2.71. The minimum absolute atomic E-state index is 0.114. The summed E-state index contributed by atoms with van der Waals surface area (Å²) >= 11 is 0. The largest absolute Gasteiger partial charge is 0.394 e. The Hall–Kier alpha value is -1.08. The van der Waals surface area contributed by atoms with E-state index in [-0.39, 0.29) is 12.5 Å². The molecule has 1 amide bonds. The van der Waals surface area contributed by atoms with Gasteiger partial charge in [-0.2, -0.15) is 5.26 Å². The highest BCUT2D eigenvalue weighted by Crippen LogP contribution is 2.15. The van der Waals surface area contributed by atoms with Gasteiger partial charge in [-0.15, -0.1) is 0 Å². The summed E-state index contributed by atoms with van der Waals surface area (Å²) in [5.41, 5.74) is -0.610. The molecule has 0 bridgehead atoms. The second-order valence-electron chi connectivity index (χ2n) is 3.96. The number of likely N-dealkylation sites (N-methyl/N-ethyl adjacent to an activating group) is 1. The van der Waals surface area contributed by atoms with Crippen molar-refractivity contribution in [1.82, 2.24) is 4.90 Å². The molecule has 0 rings (SSSR count). The number of carbonyl (C=O) groups is 1. The van der Waals surface area contributed by atoms with Crippen molar-refractivity contribution in [3.05, 3.63) is 0 Å². The molecule has 4 nitrogen and oxygen atoms in total. The lowest BCUT2D eigenvalue weighted by atomic mass is 10.0. The fourth-order valence-corrected chi connectivity index (χ4v) is 0.959. The number of hydrogen-bond donors (Lipinski definition) is 1. The van der Waals surface area contributed by atoms with E-state index in [0.29, 0.717) is 6.42 Å². The van der Waals surface area contributed by atoms with Crippen molar-refractivity contribution < 1.29 is 9.90 Å². The predicted molar refractivity (Wildman–Crippen MR) is 53.3 cm³/mol. The van der Waals surface area contributed by atoms with Gasteiger partial charge in [-0.05, 0) is 20.3 Å². The maximum Gasteiger partial charge on any atom is 0.240 e. The van der Waals surface area contributed by atoms with Crippen LogP contribution in [0.4, 0.5) is 0 Å². The van der Waals surface area contributed by atoms with Crippen LogP contribution in [0.25, 0.3) is 0 Å². The minimum atomic E-state index is -0.610. The Bertz CT molecular complexity index is 243. The summed E-state index contributed by atoms with van der Waals surface area (Å²) in [6.45, 7) is 5.20. The van der Waals surface area contributed by atoms with Gasteiger partial charge in [-0.3, -0.25) is 4.79 Å². The molecule has 0 radical (unpaired) electrons. The lowest BCUT2D eigenvalue weighted by Gasteiger charge is -2.34. The second kappa shape index (κ2) is 4.97. The highest BCUT2D eigenvalue weighted by atomic mass is 16.3. The van der Waals surface area contributed by atoms with Crippen molar-refractivity contribution in [2.75, 3.05) is 13.7 Å². The molecule has 0 saturated carbocycles. The van der Waals surface area contributed by atoms with Gasteiger partial charge >= 0.3 is 0 Å². The van der Waals surface area contributed by atoms with Crippen LogP contribution in [0.1, 0.15) is 27.2 Å². The quantitative estimate of drug-likeness (QED) is 0.725. The molecule has 0 aliphatic rings. The molecule has 0 heterocycles. The Labute approximate surface area is 85.1 Å². The van der Waals surface area contributed by atoms with Crippen LogP contribution < -0.4 is 0 Å². The highest BCUT2D eigenvalue weighted by molar-refractivity contribution is 5.81. The summed E-state index contributed by atoms with van der Waals surface area (Å²) < 4.78 is 0. The van der Waals surface area contributed by atoms with E-state index in [4.69, 9.17) is 10.4 Å². The normalized spacial score (nSPS) is 13.1. The van der Waals surface area contributed by atoms with Crippen molar-refractivity contribution in [2.24, 2.45) is 5.92 Å². The molecule has 0 spiro atoms. The van der Waals surface area contributed by atoms with Crippen LogP contribution >= 0.6 is 0 Å². The zero-order valence-corrected chi connectivity index (χ0v) is 9.24. The van der Waals surface area contributed by atoms with E-state index in [2.05, 4.69) is 0 Å². The molecule has 0 aromatic carbocycles. The molecule has 0 aliphatic carbocycles. The number of amides is 1. The average Bonchev–Trinajstić information content (AvgIpc) is 2.18. The van der Waals surface area contributed by atoms with E-state index in [1.807, 2.05) is 6.07 Å². The Balaban J connectivity index is 4.63. The smallest absolute Gasteiger partial charge is 0.240 e. The van der Waals surface area contributed by atoms with Crippen molar-refractivity contribution in [3.63, 3.8) is 0 Å². The number of hydrogen-bond acceptors (Lipinski definition) is 3. The van der Waals surface area contributed by atoms with E-state index < -0.39 is 11.5 Å². The fraction of sp³-hybridized carbons (Fsp3) is 0.800. The predicted octanol–water partition coefficient (Wildman–Crippen LogP) is 0.765. The molecule has 0 fully saturated rings. The SMILES string of the molecule is CCC(C#N)C(=O)N(C)C(C)(C)CO. The van der Waals surface area contributed by atoms with Gasteiger partial charge in [-0.25, -0.2) is 0 Å². The van der Waals surface area contributed by atoms with Crippen LogP contribution in [0.15, 0.2) is 0 Å². The standard InChI is InChI=1S/C10H18N2O2/c1-5-8(6-11)9(14)12(4)10(2,3)7-13/h8,13H,5,7H2,1-4H3. The first-order chi connectivity index (χ1) is 6.40. The highest BCUT2D eigenvalue weighted by Gasteiger charge is 2.30. The van der Waals surface area contributed by atoms with Gasteiger partial charge in [0.05, 0.1) is 18.2 Å². The van der Waals surface area contributed by atoms with Gasteiger partial charge in [0, 0.05) is 7.05 Å². The fourth-order valence-electron chi connectivity index (χ4n) is 0.959. The molecule has 4 heteroatoms. The Morgan fingerprint density at radius 1 is 1.64 bits per heavy atom. The monoisotopic (exact) mass is 198 g/mol. The summed E-state index contributed by atoms with van der Waals surface area (Å²) in [5.74, 6) is -0.833.